The third-order valence-corrected chi connectivity index (χ3v) is 4.87. The number of carbonyl (C=O) groups excluding carboxylic acids is 1. The van der Waals surface area contributed by atoms with E-state index in [0.29, 0.717) is 20.5 Å². The van der Waals surface area contributed by atoms with E-state index in [-0.39, 0.29) is 17.2 Å². The molecule has 1 saturated heterocycles. The molecule has 1 fully saturated rings. The monoisotopic (exact) mass is 386 g/mol. The van der Waals surface area contributed by atoms with Crippen LogP contribution in [0, 0.1) is 10.1 Å². The van der Waals surface area contributed by atoms with Gasteiger partial charge >= 0.3 is 5.97 Å². The Morgan fingerprint density at radius 3 is 2.31 bits per heavy atom. The maximum absolute atomic E-state index is 12.6. The number of hydrogen-bond donors (Lipinski definition) is 1. The minimum Gasteiger partial charge on any atom is -0.478 e. The van der Waals surface area contributed by atoms with E-state index in [1.807, 2.05) is 0 Å². The number of anilines is 1. The molecule has 3 rings (SSSR count). The van der Waals surface area contributed by atoms with E-state index in [2.05, 4.69) is 0 Å². The lowest BCUT2D eigenvalue weighted by Gasteiger charge is -2.14. The number of carboxylic acid groups (broad SMARTS) is 1. The number of carbonyl (C=O) groups is 2. The molecule has 130 valence electrons. The lowest BCUT2D eigenvalue weighted by Crippen LogP contribution is -2.27. The maximum Gasteiger partial charge on any atom is 0.335 e. The van der Waals surface area contributed by atoms with Crippen molar-refractivity contribution < 1.29 is 19.6 Å². The quantitative estimate of drug-likeness (QED) is 0.370. The molecule has 0 radical (unpaired) electrons. The number of hydrogen-bond acceptors (Lipinski definition) is 6. The molecule has 1 aliphatic heterocycles. The van der Waals surface area contributed by atoms with Gasteiger partial charge in [-0.15, -0.1) is 0 Å². The van der Waals surface area contributed by atoms with Crippen molar-refractivity contribution in [2.75, 3.05) is 4.90 Å². The number of carboxylic acids is 1. The van der Waals surface area contributed by atoms with Crippen LogP contribution in [0.4, 0.5) is 11.4 Å². The van der Waals surface area contributed by atoms with Gasteiger partial charge in [-0.3, -0.25) is 19.8 Å². The van der Waals surface area contributed by atoms with Gasteiger partial charge in [0.15, 0.2) is 4.32 Å². The van der Waals surface area contributed by atoms with Crippen molar-refractivity contribution in [1.29, 1.82) is 0 Å². The van der Waals surface area contributed by atoms with Gasteiger partial charge in [-0.1, -0.05) is 24.0 Å². The Bertz CT molecular complexity index is 952. The summed E-state index contributed by atoms with van der Waals surface area (Å²) in [6.45, 7) is 0. The molecule has 1 aliphatic rings. The highest BCUT2D eigenvalue weighted by atomic mass is 32.2. The molecule has 7 nitrogen and oxygen atoms in total. The molecule has 0 aromatic heterocycles. The highest BCUT2D eigenvalue weighted by Gasteiger charge is 2.33. The van der Waals surface area contributed by atoms with Crippen molar-refractivity contribution >= 4 is 57.6 Å². The predicted molar refractivity (Wildman–Crippen MR) is 102 cm³/mol. The van der Waals surface area contributed by atoms with Crippen molar-refractivity contribution in [3.05, 3.63) is 74.7 Å². The van der Waals surface area contributed by atoms with Crippen LogP contribution < -0.4 is 4.90 Å². The Kier molecular flexibility index (Phi) is 4.83. The number of amides is 1. The summed E-state index contributed by atoms with van der Waals surface area (Å²) in [5, 5.41) is 19.6. The molecular formula is C17H10N2O5S2. The largest absolute Gasteiger partial charge is 0.478 e. The Morgan fingerprint density at radius 1 is 1.15 bits per heavy atom. The number of nitrogens with zero attached hydrogens (tertiary/aromatic N) is 2. The summed E-state index contributed by atoms with van der Waals surface area (Å²) in [4.78, 5) is 35.5. The normalized spacial score (nSPS) is 15.5. The van der Waals surface area contributed by atoms with Crippen LogP contribution in [-0.2, 0) is 4.79 Å². The molecule has 1 amide bonds. The molecule has 0 unspecified atom stereocenters. The van der Waals surface area contributed by atoms with Crippen molar-refractivity contribution in [2.45, 2.75) is 0 Å². The molecule has 9 heteroatoms. The van der Waals surface area contributed by atoms with E-state index >= 15 is 0 Å². The average Bonchev–Trinajstić information content (AvgIpc) is 2.89. The Balaban J connectivity index is 1.86. The van der Waals surface area contributed by atoms with Crippen LogP contribution in [0.1, 0.15) is 15.9 Å². The molecule has 0 spiro atoms. The van der Waals surface area contributed by atoms with Crippen LogP contribution >= 0.6 is 24.0 Å². The molecule has 0 aliphatic carbocycles. The fraction of sp³-hybridized carbons (Fsp3) is 0. The van der Waals surface area contributed by atoms with E-state index in [9.17, 15) is 19.7 Å². The van der Waals surface area contributed by atoms with Gasteiger partial charge in [-0.05, 0) is 48.0 Å². The number of benzene rings is 2. The summed E-state index contributed by atoms with van der Waals surface area (Å²) in [5.41, 5.74) is 1.19. The van der Waals surface area contributed by atoms with Gasteiger partial charge in [-0.25, -0.2) is 4.79 Å². The third-order valence-electron chi connectivity index (χ3n) is 3.57. The molecule has 2 aromatic rings. The van der Waals surface area contributed by atoms with E-state index in [1.165, 1.54) is 41.3 Å². The predicted octanol–water partition coefficient (Wildman–Crippen LogP) is 3.70. The van der Waals surface area contributed by atoms with E-state index < -0.39 is 10.9 Å². The van der Waals surface area contributed by atoms with Crippen LogP contribution in [-0.4, -0.2) is 26.2 Å². The first-order valence-electron chi connectivity index (χ1n) is 7.22. The number of rotatable bonds is 4. The van der Waals surface area contributed by atoms with Crippen molar-refractivity contribution in [2.24, 2.45) is 0 Å². The number of thioether (sulfide) groups is 1. The highest BCUT2D eigenvalue weighted by molar-refractivity contribution is 8.27. The smallest absolute Gasteiger partial charge is 0.335 e. The topological polar surface area (TPSA) is 101 Å². The first-order valence-corrected chi connectivity index (χ1v) is 8.45. The highest BCUT2D eigenvalue weighted by Crippen LogP contribution is 2.36. The van der Waals surface area contributed by atoms with Gasteiger partial charge in [-0.2, -0.15) is 0 Å². The minimum atomic E-state index is -1.06. The number of nitro groups is 1. The number of aromatic carboxylic acids is 1. The van der Waals surface area contributed by atoms with Gasteiger partial charge in [0.1, 0.15) is 0 Å². The number of non-ortho nitro benzene ring substituents is 1. The number of thiocarbonyl (C=S) groups is 1. The van der Waals surface area contributed by atoms with Crippen LogP contribution in [0.5, 0.6) is 0 Å². The Hall–Kier alpha value is -3.04. The molecule has 0 bridgehead atoms. The zero-order valence-electron chi connectivity index (χ0n) is 13.0. The molecule has 26 heavy (non-hydrogen) atoms. The van der Waals surface area contributed by atoms with Crippen molar-refractivity contribution in [1.82, 2.24) is 0 Å². The fourth-order valence-corrected chi connectivity index (χ4v) is 3.59. The zero-order chi connectivity index (χ0) is 18.8. The first-order chi connectivity index (χ1) is 12.4. The van der Waals surface area contributed by atoms with Crippen LogP contribution in [0.25, 0.3) is 6.08 Å². The summed E-state index contributed by atoms with van der Waals surface area (Å²) in [5.74, 6) is -1.39. The molecule has 1 N–H and O–H groups in total. The van der Waals surface area contributed by atoms with Gasteiger partial charge in [0.2, 0.25) is 0 Å². The lowest BCUT2D eigenvalue weighted by molar-refractivity contribution is -0.384. The summed E-state index contributed by atoms with van der Waals surface area (Å²) in [7, 11) is 0. The second-order valence-electron chi connectivity index (χ2n) is 5.22. The molecular weight excluding hydrogens is 376 g/mol. The Labute approximate surface area is 157 Å². The second-order valence-corrected chi connectivity index (χ2v) is 6.89. The summed E-state index contributed by atoms with van der Waals surface area (Å²) < 4.78 is 0.325. The average molecular weight is 386 g/mol. The van der Waals surface area contributed by atoms with E-state index in [0.717, 1.165) is 11.8 Å². The molecule has 2 aromatic carbocycles. The Morgan fingerprint density at radius 2 is 1.77 bits per heavy atom. The molecule has 1 heterocycles. The van der Waals surface area contributed by atoms with E-state index in [4.69, 9.17) is 17.3 Å². The maximum atomic E-state index is 12.6. The summed E-state index contributed by atoms with van der Waals surface area (Å²) in [6, 6.07) is 11.6. The standard InChI is InChI=1S/C17H10N2O5S2/c20-15-14(9-10-1-5-13(6-2-10)19(23)24)26-17(25)18(15)12-7-3-11(4-8-12)16(21)22/h1-9H,(H,21,22)/b14-9-. The fourth-order valence-electron chi connectivity index (χ4n) is 2.29. The zero-order valence-corrected chi connectivity index (χ0v) is 14.6. The van der Waals surface area contributed by atoms with Gasteiger partial charge in [0.05, 0.1) is 21.1 Å². The van der Waals surface area contributed by atoms with Crippen molar-refractivity contribution in [3.8, 4) is 0 Å². The number of nitro benzene ring substituents is 1. The van der Waals surface area contributed by atoms with E-state index in [1.54, 1.807) is 18.2 Å². The van der Waals surface area contributed by atoms with Gasteiger partial charge < -0.3 is 5.11 Å². The SMILES string of the molecule is O=C(O)c1ccc(N2C(=O)/C(=C/c3ccc([N+](=O)[O-])cc3)SC2=S)cc1. The molecule has 0 saturated carbocycles. The third kappa shape index (κ3) is 3.48. The van der Waals surface area contributed by atoms with Gasteiger partial charge in [0.25, 0.3) is 11.6 Å². The minimum absolute atomic E-state index is 0.0341. The summed E-state index contributed by atoms with van der Waals surface area (Å²) >= 11 is 6.37. The van der Waals surface area contributed by atoms with Crippen LogP contribution in [0.2, 0.25) is 0 Å². The first kappa shape index (κ1) is 17.8. The van der Waals surface area contributed by atoms with Crippen LogP contribution in [0.3, 0.4) is 0 Å². The lowest BCUT2D eigenvalue weighted by atomic mass is 10.2. The summed E-state index contributed by atoms with van der Waals surface area (Å²) in [6.07, 6.45) is 1.61. The molecule has 0 atom stereocenters. The van der Waals surface area contributed by atoms with Crippen molar-refractivity contribution in [3.63, 3.8) is 0 Å². The second kappa shape index (κ2) is 7.06. The van der Waals surface area contributed by atoms with Gasteiger partial charge in [0, 0.05) is 12.1 Å². The van der Waals surface area contributed by atoms with Crippen LogP contribution in [0.15, 0.2) is 53.4 Å².